The Morgan fingerprint density at radius 3 is 1.75 bits per heavy atom. The third-order valence-electron chi connectivity index (χ3n) is 9.81. The maximum Gasteiger partial charge on any atom is 0.152 e. The van der Waals surface area contributed by atoms with E-state index in [4.69, 9.17) is 0 Å². The number of sulfone groups is 1. The van der Waals surface area contributed by atoms with E-state index in [0.717, 1.165) is 61.6 Å². The van der Waals surface area contributed by atoms with Gasteiger partial charge in [-0.05, 0) is 93.5 Å². The quantitative estimate of drug-likeness (QED) is 0.475. The van der Waals surface area contributed by atoms with E-state index in [9.17, 15) is 12.6 Å². The van der Waals surface area contributed by atoms with E-state index in [0.29, 0.717) is 42.7 Å². The van der Waals surface area contributed by atoms with E-state index in [1.807, 2.05) is 0 Å². The minimum absolute atomic E-state index is 0.338. The van der Waals surface area contributed by atoms with Crippen LogP contribution in [0.25, 0.3) is 0 Å². The summed E-state index contributed by atoms with van der Waals surface area (Å²) in [5.74, 6) is 3.35. The zero-order valence-corrected chi connectivity index (χ0v) is 31.5. The molecular weight excluding hydrogens is 591 g/mol. The van der Waals surface area contributed by atoms with Crippen LogP contribution in [0, 0.1) is 5.92 Å². The number of nitrogens with zero attached hydrogens (tertiary/aromatic N) is 4. The molecule has 5 aliphatic rings. The molecule has 3 unspecified atom stereocenters. The van der Waals surface area contributed by atoms with Crippen LogP contribution in [0.4, 0.5) is 0 Å². The Balaban J connectivity index is 0.000000206. The first-order chi connectivity index (χ1) is 20.6. The average molecular weight is 660 g/mol. The monoisotopic (exact) mass is 659 g/mol. The maximum absolute atomic E-state index is 11.0. The summed E-state index contributed by atoms with van der Waals surface area (Å²) < 4.78 is 32.9. The van der Waals surface area contributed by atoms with Gasteiger partial charge in [0.2, 0.25) is 0 Å². The Morgan fingerprint density at radius 2 is 1.27 bits per heavy atom. The van der Waals surface area contributed by atoms with E-state index < -0.39 is 20.6 Å². The van der Waals surface area contributed by atoms with E-state index in [1.165, 1.54) is 44.5 Å². The maximum atomic E-state index is 11.0. The number of piperidine rings is 1. The van der Waals surface area contributed by atoms with Gasteiger partial charge in [-0.25, -0.2) is 8.42 Å². The van der Waals surface area contributed by atoms with Crippen LogP contribution in [0.5, 0.6) is 0 Å². The lowest BCUT2D eigenvalue weighted by atomic mass is 9.99. The molecule has 5 fully saturated rings. The Labute approximate surface area is 275 Å². The Hall–Kier alpha value is -0.520. The highest BCUT2D eigenvalue weighted by Gasteiger charge is 2.37. The molecule has 1 N–H and O–H groups in total. The zero-order valence-electron chi connectivity index (χ0n) is 29.9. The average Bonchev–Trinajstić information content (AvgIpc) is 3.27. The summed E-state index contributed by atoms with van der Waals surface area (Å²) in [6, 6.07) is 4.05. The first-order valence-electron chi connectivity index (χ1n) is 17.6. The van der Waals surface area contributed by atoms with Crippen molar-refractivity contribution in [2.75, 3.05) is 68.8 Å². The molecule has 5 aliphatic heterocycles. The lowest BCUT2D eigenvalue weighted by Crippen LogP contribution is -2.43. The largest absolute Gasteiger partial charge is 0.387 e. The van der Waals surface area contributed by atoms with Crippen LogP contribution >= 0.6 is 0 Å². The van der Waals surface area contributed by atoms with E-state index in [2.05, 4.69) is 93.8 Å². The predicted molar refractivity (Wildman–Crippen MR) is 191 cm³/mol. The van der Waals surface area contributed by atoms with Crippen molar-refractivity contribution >= 4 is 20.6 Å². The molecule has 0 saturated carbocycles. The van der Waals surface area contributed by atoms with E-state index >= 15 is 0 Å². The van der Waals surface area contributed by atoms with Gasteiger partial charge in [0.15, 0.2) is 9.84 Å². The van der Waals surface area contributed by atoms with Gasteiger partial charge < -0.3 is 10.2 Å². The number of fused-ring (bicyclic) bond motifs is 2. The van der Waals surface area contributed by atoms with Crippen LogP contribution in [0.3, 0.4) is 0 Å². The van der Waals surface area contributed by atoms with Crippen LogP contribution < -0.4 is 5.32 Å². The molecule has 5 heterocycles. The van der Waals surface area contributed by atoms with E-state index in [1.54, 1.807) is 0 Å². The van der Waals surface area contributed by atoms with Crippen LogP contribution in [0.2, 0.25) is 0 Å². The minimum Gasteiger partial charge on any atom is -0.387 e. The van der Waals surface area contributed by atoms with Gasteiger partial charge in [0.25, 0.3) is 0 Å². The molecule has 0 aliphatic carbocycles. The molecule has 0 radical (unpaired) electrons. The smallest absolute Gasteiger partial charge is 0.152 e. The molecule has 44 heavy (non-hydrogen) atoms. The van der Waals surface area contributed by atoms with Gasteiger partial charge in [-0.1, -0.05) is 13.5 Å². The van der Waals surface area contributed by atoms with Gasteiger partial charge in [-0.15, -0.1) is 0 Å². The Morgan fingerprint density at radius 1 is 0.750 bits per heavy atom. The molecule has 5 rings (SSSR count). The summed E-state index contributed by atoms with van der Waals surface area (Å²) in [6.45, 7) is 31.4. The topological polar surface area (TPSA) is 76.2 Å². The number of likely N-dealkylation sites (tertiary alicyclic amines) is 1. The Bertz CT molecular complexity index is 948. The Kier molecular flexibility index (Phi) is 17.4. The summed E-state index contributed by atoms with van der Waals surface area (Å²) in [5, 5.41) is 3.42. The van der Waals surface area contributed by atoms with Crippen molar-refractivity contribution in [3.8, 4) is 0 Å². The second-order valence-electron chi connectivity index (χ2n) is 14.7. The third kappa shape index (κ3) is 14.1. The molecule has 10 heteroatoms. The number of nitrogens with one attached hydrogen (secondary N) is 1. The summed E-state index contributed by atoms with van der Waals surface area (Å²) in [5.41, 5.74) is 1.23. The summed E-state index contributed by atoms with van der Waals surface area (Å²) >= 11 is 0. The van der Waals surface area contributed by atoms with Crippen LogP contribution in [-0.2, 0) is 20.6 Å². The molecule has 260 valence electrons. The summed E-state index contributed by atoms with van der Waals surface area (Å²) in [4.78, 5) is 9.82. The molecule has 5 saturated heterocycles. The van der Waals surface area contributed by atoms with Crippen molar-refractivity contribution in [1.82, 2.24) is 24.9 Å². The first kappa shape index (κ1) is 39.7. The second kappa shape index (κ2) is 19.3. The lowest BCUT2D eigenvalue weighted by molar-refractivity contribution is 0.147. The van der Waals surface area contributed by atoms with Crippen LogP contribution in [0.1, 0.15) is 94.4 Å². The number of hydrogen-bond donors (Lipinski definition) is 1. The molecule has 3 atom stereocenters. The fourth-order valence-electron chi connectivity index (χ4n) is 6.96. The van der Waals surface area contributed by atoms with Crippen LogP contribution in [-0.4, -0.2) is 137 Å². The second-order valence-corrected chi connectivity index (χ2v) is 18.7. The highest BCUT2D eigenvalue weighted by Crippen LogP contribution is 2.31. The molecule has 0 spiro atoms. The summed E-state index contributed by atoms with van der Waals surface area (Å²) in [7, 11) is -3.21. The van der Waals surface area contributed by atoms with Crippen LogP contribution in [0.15, 0.2) is 12.3 Å². The van der Waals surface area contributed by atoms with Gasteiger partial charge in [-0.3, -0.25) is 18.9 Å². The van der Waals surface area contributed by atoms with Gasteiger partial charge >= 0.3 is 0 Å². The first-order valence-corrected chi connectivity index (χ1v) is 20.9. The van der Waals surface area contributed by atoms with Crippen molar-refractivity contribution in [3.05, 3.63) is 12.3 Å². The zero-order chi connectivity index (χ0) is 33.0. The molecule has 8 nitrogen and oxygen atoms in total. The minimum atomic E-state index is -2.69. The SMILES string of the molecule is C=C1CC2CCC(CN1)N2C(C)C.CC(C)N1CCS(=O)(=O)CC1.CC(C)N1CCS(=O)CC1.CC1CCCN(C(C)C)C1. The normalized spacial score (nSPS) is 28.8. The fraction of sp³-hybridized carbons (Fsp3) is 0.941. The highest BCUT2D eigenvalue weighted by molar-refractivity contribution is 7.91. The van der Waals surface area contributed by atoms with Gasteiger partial charge in [0, 0.05) is 110 Å². The van der Waals surface area contributed by atoms with Gasteiger partial charge in [0.05, 0.1) is 11.5 Å². The van der Waals surface area contributed by atoms with Gasteiger partial charge in [0.1, 0.15) is 0 Å². The van der Waals surface area contributed by atoms with Crippen molar-refractivity contribution in [3.63, 3.8) is 0 Å². The number of hydrogen-bond acceptors (Lipinski definition) is 8. The summed E-state index contributed by atoms with van der Waals surface area (Å²) in [6.07, 6.45) is 6.71. The van der Waals surface area contributed by atoms with Crippen molar-refractivity contribution in [1.29, 1.82) is 0 Å². The number of rotatable bonds is 4. The lowest BCUT2D eigenvalue weighted by Gasteiger charge is -2.33. The molecule has 2 bridgehead atoms. The molecule has 0 aromatic rings. The van der Waals surface area contributed by atoms with Crippen molar-refractivity contribution < 1.29 is 12.6 Å². The van der Waals surface area contributed by atoms with Gasteiger partial charge in [-0.2, -0.15) is 0 Å². The molecule has 0 aromatic heterocycles. The highest BCUT2D eigenvalue weighted by atomic mass is 32.2. The molecule has 0 amide bonds. The predicted octanol–water partition coefficient (Wildman–Crippen LogP) is 4.45. The fourth-order valence-corrected chi connectivity index (χ4v) is 9.27. The molecule has 0 aromatic carbocycles. The standard InChI is InChI=1S/C11H20N2.C9H19N.C7H15NO2S.C7H15NOS/c1-8(2)13-10-4-5-11(13)7-12-9(3)6-10;1-8(2)10-6-4-5-9(3)7-10;1-7(2)8-3-5-11(9,10)6-4-8;1-7(2)8-3-5-10(9)6-4-8/h8,10-12H,3-7H2,1-2H3;8-9H,4-7H2,1-3H3;7H,3-6H2,1-2H3;7H,3-6H2,1-2H3. The van der Waals surface area contributed by atoms with Crippen molar-refractivity contribution in [2.24, 2.45) is 5.92 Å². The molecular formula is C34H69N5O3S2. The van der Waals surface area contributed by atoms with Crippen molar-refractivity contribution in [2.45, 2.75) is 131 Å². The third-order valence-corrected chi connectivity index (χ3v) is 12.7. The van der Waals surface area contributed by atoms with E-state index in [-0.39, 0.29) is 0 Å².